The Hall–Kier alpha value is -0.550. The number of hydrogen-bond acceptors (Lipinski definition) is 3. The van der Waals surface area contributed by atoms with Gasteiger partial charge in [0.25, 0.3) is 0 Å². The van der Waals surface area contributed by atoms with E-state index >= 15 is 0 Å². The maximum absolute atomic E-state index is 10.3. The third kappa shape index (κ3) is 3.67. The first-order chi connectivity index (χ1) is 6.59. The zero-order chi connectivity index (χ0) is 10.6. The summed E-state index contributed by atoms with van der Waals surface area (Å²) < 4.78 is 1.09. The molecule has 1 aromatic rings. The smallest absolute Gasteiger partial charge is 0.303 e. The van der Waals surface area contributed by atoms with Gasteiger partial charge in [-0.05, 0) is 34.5 Å². The average molecular weight is 278 g/mol. The second kappa shape index (κ2) is 5.36. The van der Waals surface area contributed by atoms with E-state index in [0.29, 0.717) is 6.42 Å². The maximum atomic E-state index is 10.3. The second-order valence-electron chi connectivity index (χ2n) is 3.00. The first-order valence-corrected chi connectivity index (χ1v) is 5.89. The molecule has 0 fully saturated rings. The number of aliphatic carboxylic acids is 1. The summed E-state index contributed by atoms with van der Waals surface area (Å²) in [5.74, 6) is -0.731. The lowest BCUT2D eigenvalue weighted by molar-refractivity contribution is -0.137. The molecule has 0 aliphatic carbocycles. The Labute approximate surface area is 95.5 Å². The van der Waals surface area contributed by atoms with E-state index in [4.69, 9.17) is 5.11 Å². The Morgan fingerprint density at radius 1 is 1.64 bits per heavy atom. The summed E-state index contributed by atoms with van der Waals surface area (Å²) in [5, 5.41) is 9.63. The van der Waals surface area contributed by atoms with Crippen LogP contribution in [0.5, 0.6) is 0 Å². The number of rotatable bonds is 5. The lowest BCUT2D eigenvalue weighted by atomic mass is 10.3. The molecule has 0 atom stereocenters. The Balaban J connectivity index is 2.35. The molecule has 1 rings (SSSR count). The van der Waals surface area contributed by atoms with E-state index in [2.05, 4.69) is 20.8 Å². The molecule has 14 heavy (non-hydrogen) atoms. The van der Waals surface area contributed by atoms with E-state index in [9.17, 15) is 4.79 Å². The topological polar surface area (TPSA) is 40.5 Å². The lowest BCUT2D eigenvalue weighted by Crippen LogP contribution is -2.17. The summed E-state index contributed by atoms with van der Waals surface area (Å²) in [4.78, 5) is 12.4. The SMILES string of the molecule is CN(CCCC(=O)O)c1ccc(Br)s1. The molecule has 78 valence electrons. The first-order valence-electron chi connectivity index (χ1n) is 4.28. The van der Waals surface area contributed by atoms with Gasteiger partial charge in [0.2, 0.25) is 0 Å². The zero-order valence-electron chi connectivity index (χ0n) is 7.86. The molecule has 0 saturated carbocycles. The van der Waals surface area contributed by atoms with Crippen molar-refractivity contribution >= 4 is 38.2 Å². The number of anilines is 1. The third-order valence-corrected chi connectivity index (χ3v) is 3.56. The van der Waals surface area contributed by atoms with Crippen LogP contribution >= 0.6 is 27.3 Å². The monoisotopic (exact) mass is 277 g/mol. The van der Waals surface area contributed by atoms with Crippen LogP contribution in [0.1, 0.15) is 12.8 Å². The number of nitrogens with zero attached hydrogens (tertiary/aromatic N) is 1. The van der Waals surface area contributed by atoms with Gasteiger partial charge < -0.3 is 10.0 Å². The third-order valence-electron chi connectivity index (χ3n) is 1.82. The summed E-state index contributed by atoms with van der Waals surface area (Å²) >= 11 is 5.04. The summed E-state index contributed by atoms with van der Waals surface area (Å²) in [6.07, 6.45) is 0.915. The van der Waals surface area contributed by atoms with Crippen LogP contribution < -0.4 is 4.90 Å². The van der Waals surface area contributed by atoms with Crippen LogP contribution in [-0.4, -0.2) is 24.7 Å². The number of carboxylic acid groups (broad SMARTS) is 1. The first kappa shape index (κ1) is 11.5. The normalized spacial score (nSPS) is 10.1. The summed E-state index contributed by atoms with van der Waals surface area (Å²) in [5.41, 5.74) is 0. The zero-order valence-corrected chi connectivity index (χ0v) is 10.3. The Bertz CT molecular complexity index is 314. The van der Waals surface area contributed by atoms with Gasteiger partial charge in [0, 0.05) is 20.0 Å². The summed E-state index contributed by atoms with van der Waals surface area (Å²) in [6, 6.07) is 4.02. The Kier molecular flexibility index (Phi) is 4.41. The van der Waals surface area contributed by atoms with Gasteiger partial charge in [-0.25, -0.2) is 0 Å². The van der Waals surface area contributed by atoms with E-state index in [0.717, 1.165) is 15.3 Å². The standard InChI is InChI=1S/C9H12BrNO2S/c1-11(6-2-3-9(12)13)8-5-4-7(10)14-8/h4-5H,2-3,6H2,1H3,(H,12,13). The molecule has 0 bridgehead atoms. The second-order valence-corrected chi connectivity index (χ2v) is 5.44. The largest absolute Gasteiger partial charge is 0.481 e. The highest BCUT2D eigenvalue weighted by molar-refractivity contribution is 9.11. The highest BCUT2D eigenvalue weighted by atomic mass is 79.9. The van der Waals surface area contributed by atoms with E-state index < -0.39 is 5.97 Å². The minimum Gasteiger partial charge on any atom is -0.481 e. The fraction of sp³-hybridized carbons (Fsp3) is 0.444. The fourth-order valence-corrected chi connectivity index (χ4v) is 2.44. The molecule has 0 radical (unpaired) electrons. The molecule has 1 heterocycles. The minimum atomic E-state index is -0.731. The van der Waals surface area contributed by atoms with Gasteiger partial charge in [-0.15, -0.1) is 11.3 Å². The quantitative estimate of drug-likeness (QED) is 0.900. The molecule has 1 N–H and O–H groups in total. The van der Waals surface area contributed by atoms with Crippen molar-refractivity contribution in [3.8, 4) is 0 Å². The van der Waals surface area contributed by atoms with Crippen molar-refractivity contribution < 1.29 is 9.90 Å². The number of carbonyl (C=O) groups is 1. The van der Waals surface area contributed by atoms with E-state index in [1.54, 1.807) is 11.3 Å². The van der Waals surface area contributed by atoms with E-state index in [1.807, 2.05) is 19.2 Å². The van der Waals surface area contributed by atoms with Gasteiger partial charge >= 0.3 is 5.97 Å². The molecule has 0 saturated heterocycles. The van der Waals surface area contributed by atoms with Gasteiger partial charge in [0.05, 0.1) is 8.79 Å². The number of thiophene rings is 1. The van der Waals surface area contributed by atoms with Crippen LogP contribution in [0, 0.1) is 0 Å². The van der Waals surface area contributed by atoms with Gasteiger partial charge in [-0.1, -0.05) is 0 Å². The average Bonchev–Trinajstić information content (AvgIpc) is 2.51. The molecule has 5 heteroatoms. The highest BCUT2D eigenvalue weighted by Crippen LogP contribution is 2.29. The summed E-state index contributed by atoms with van der Waals surface area (Å²) in [7, 11) is 1.97. The molecule has 0 spiro atoms. The van der Waals surface area contributed by atoms with Gasteiger partial charge in [0.15, 0.2) is 0 Å². The van der Waals surface area contributed by atoms with Crippen molar-refractivity contribution in [3.05, 3.63) is 15.9 Å². The van der Waals surface area contributed by atoms with Crippen LogP contribution in [0.3, 0.4) is 0 Å². The van der Waals surface area contributed by atoms with Crippen LogP contribution in [-0.2, 0) is 4.79 Å². The van der Waals surface area contributed by atoms with E-state index in [1.165, 1.54) is 0 Å². The van der Waals surface area contributed by atoms with E-state index in [-0.39, 0.29) is 6.42 Å². The molecule has 3 nitrogen and oxygen atoms in total. The number of hydrogen-bond donors (Lipinski definition) is 1. The molecule has 0 aromatic carbocycles. The lowest BCUT2D eigenvalue weighted by Gasteiger charge is -2.15. The van der Waals surface area contributed by atoms with Gasteiger partial charge in [-0.2, -0.15) is 0 Å². The van der Waals surface area contributed by atoms with Crippen molar-refractivity contribution in [2.75, 3.05) is 18.5 Å². The van der Waals surface area contributed by atoms with Crippen LogP contribution in [0.2, 0.25) is 0 Å². The van der Waals surface area contributed by atoms with Crippen molar-refractivity contribution in [2.24, 2.45) is 0 Å². The van der Waals surface area contributed by atoms with Gasteiger partial charge in [0.1, 0.15) is 0 Å². The number of carboxylic acids is 1. The number of halogens is 1. The molecular weight excluding hydrogens is 266 g/mol. The van der Waals surface area contributed by atoms with Crippen molar-refractivity contribution in [2.45, 2.75) is 12.8 Å². The Morgan fingerprint density at radius 2 is 2.36 bits per heavy atom. The predicted octanol–water partition coefficient (Wildman–Crippen LogP) is 2.81. The molecular formula is C9H12BrNO2S. The van der Waals surface area contributed by atoms with Crippen LogP contribution in [0.15, 0.2) is 15.9 Å². The van der Waals surface area contributed by atoms with Crippen LogP contribution in [0.25, 0.3) is 0 Å². The Morgan fingerprint density at radius 3 is 2.86 bits per heavy atom. The van der Waals surface area contributed by atoms with Gasteiger partial charge in [-0.3, -0.25) is 4.79 Å². The molecule has 0 aliphatic heterocycles. The highest BCUT2D eigenvalue weighted by Gasteiger charge is 2.04. The van der Waals surface area contributed by atoms with Crippen LogP contribution in [0.4, 0.5) is 5.00 Å². The summed E-state index contributed by atoms with van der Waals surface area (Å²) in [6.45, 7) is 0.777. The minimum absolute atomic E-state index is 0.233. The van der Waals surface area contributed by atoms with Crippen molar-refractivity contribution in [1.29, 1.82) is 0 Å². The molecule has 0 amide bonds. The molecule has 0 unspecified atom stereocenters. The maximum Gasteiger partial charge on any atom is 0.303 e. The van der Waals surface area contributed by atoms with Crippen molar-refractivity contribution in [3.63, 3.8) is 0 Å². The molecule has 0 aliphatic rings. The van der Waals surface area contributed by atoms with Crippen molar-refractivity contribution in [1.82, 2.24) is 0 Å². The fourth-order valence-electron chi connectivity index (χ4n) is 1.09. The predicted molar refractivity (Wildman–Crippen MR) is 62.2 cm³/mol. The molecule has 1 aromatic heterocycles.